The Morgan fingerprint density at radius 3 is 2.46 bits per heavy atom. The molecule has 1 amide bonds. The summed E-state index contributed by atoms with van der Waals surface area (Å²) >= 11 is 1.01. The van der Waals surface area contributed by atoms with Gasteiger partial charge in [-0.05, 0) is 42.7 Å². The summed E-state index contributed by atoms with van der Waals surface area (Å²) in [4.78, 5) is 24.3. The first-order chi connectivity index (χ1) is 12.6. The summed E-state index contributed by atoms with van der Waals surface area (Å²) in [6.45, 7) is 2.01. The van der Waals surface area contributed by atoms with Crippen molar-refractivity contribution in [2.45, 2.75) is 6.92 Å². The Hall–Kier alpha value is -3.19. The van der Waals surface area contributed by atoms with E-state index in [2.05, 4.69) is 9.69 Å². The zero-order chi connectivity index (χ0) is 18.5. The van der Waals surface area contributed by atoms with Gasteiger partial charge in [0.1, 0.15) is 5.69 Å². The van der Waals surface area contributed by atoms with E-state index in [9.17, 15) is 9.59 Å². The molecule has 0 spiro atoms. The molecule has 3 aromatic rings. The number of carbonyl (C=O) groups is 2. The maximum absolute atomic E-state index is 12.2. The van der Waals surface area contributed by atoms with Crippen LogP contribution in [-0.2, 0) is 4.74 Å². The highest BCUT2D eigenvalue weighted by atomic mass is 32.1. The van der Waals surface area contributed by atoms with Gasteiger partial charge in [-0.3, -0.25) is 4.79 Å². The fraction of sp³-hybridized carbons (Fsp3) is 0.105. The summed E-state index contributed by atoms with van der Waals surface area (Å²) in [5.74, 6) is -0.656. The van der Waals surface area contributed by atoms with E-state index in [1.807, 2.05) is 18.2 Å². The van der Waals surface area contributed by atoms with Crippen LogP contribution in [0.2, 0.25) is 0 Å². The lowest BCUT2D eigenvalue weighted by atomic mass is 10.1. The molecule has 0 saturated heterocycles. The number of ether oxygens (including phenoxy) is 1. The molecule has 0 fully saturated rings. The second-order valence-electron chi connectivity index (χ2n) is 5.39. The second kappa shape index (κ2) is 7.79. The van der Waals surface area contributed by atoms with Gasteiger partial charge in [0, 0.05) is 16.8 Å². The number of anilines is 2. The molecule has 0 saturated carbocycles. The number of nitrogens with two attached hydrogens (primary N) is 1. The number of aromatic nitrogens is 1. The zero-order valence-corrected chi connectivity index (χ0v) is 14.9. The molecule has 0 aliphatic rings. The van der Waals surface area contributed by atoms with Gasteiger partial charge in [-0.15, -0.1) is 0 Å². The number of nitrogen functional groups attached to an aromatic ring is 1. The highest BCUT2D eigenvalue weighted by Gasteiger charge is 2.19. The number of nitrogens with one attached hydrogen (secondary N) is 1. The third-order valence-corrected chi connectivity index (χ3v) is 4.48. The quantitative estimate of drug-likeness (QED) is 0.669. The molecule has 2 aromatic carbocycles. The van der Waals surface area contributed by atoms with Crippen LogP contribution >= 0.6 is 11.5 Å². The molecule has 0 aliphatic carbocycles. The van der Waals surface area contributed by atoms with E-state index in [1.54, 1.807) is 43.3 Å². The van der Waals surface area contributed by atoms with Crippen LogP contribution in [0.3, 0.4) is 0 Å². The molecular formula is C19H17N3O3S. The Bertz CT molecular complexity index is 921. The average molecular weight is 367 g/mol. The van der Waals surface area contributed by atoms with Crippen molar-refractivity contribution in [3.8, 4) is 11.3 Å². The van der Waals surface area contributed by atoms with Crippen LogP contribution in [-0.4, -0.2) is 22.9 Å². The second-order valence-corrected chi connectivity index (χ2v) is 6.17. The molecule has 0 atom stereocenters. The Kier molecular flexibility index (Phi) is 5.28. The molecule has 26 heavy (non-hydrogen) atoms. The van der Waals surface area contributed by atoms with E-state index in [1.165, 1.54) is 0 Å². The third kappa shape index (κ3) is 3.73. The van der Waals surface area contributed by atoms with E-state index in [0.29, 0.717) is 27.5 Å². The van der Waals surface area contributed by atoms with Crippen LogP contribution < -0.4 is 11.1 Å². The zero-order valence-electron chi connectivity index (χ0n) is 14.1. The van der Waals surface area contributed by atoms with Crippen molar-refractivity contribution in [2.24, 2.45) is 0 Å². The molecule has 3 N–H and O–H groups in total. The van der Waals surface area contributed by atoms with Gasteiger partial charge in [0.25, 0.3) is 5.91 Å². The first kappa shape index (κ1) is 17.6. The number of esters is 1. The Balaban J connectivity index is 1.76. The standard InChI is InChI=1S/C19H17N3O3S/c1-2-25-19(24)17-15(20)16(22-26-17)12-8-10-14(11-9-12)21-18(23)13-6-4-3-5-7-13/h3-11H,2,20H2,1H3,(H,21,23). The Labute approximate surface area is 154 Å². The molecule has 132 valence electrons. The SMILES string of the molecule is CCOC(=O)c1snc(-c2ccc(NC(=O)c3ccccc3)cc2)c1N. The molecule has 0 aliphatic heterocycles. The van der Waals surface area contributed by atoms with Crippen molar-refractivity contribution in [2.75, 3.05) is 17.7 Å². The van der Waals surface area contributed by atoms with Gasteiger partial charge in [-0.2, -0.15) is 4.37 Å². The lowest BCUT2D eigenvalue weighted by Gasteiger charge is -2.06. The van der Waals surface area contributed by atoms with Gasteiger partial charge in [-0.25, -0.2) is 4.79 Å². The first-order valence-electron chi connectivity index (χ1n) is 7.99. The van der Waals surface area contributed by atoms with Crippen LogP contribution in [0, 0.1) is 0 Å². The maximum Gasteiger partial charge on any atom is 0.352 e. The number of benzene rings is 2. The number of hydrogen-bond acceptors (Lipinski definition) is 6. The van der Waals surface area contributed by atoms with Crippen molar-refractivity contribution in [1.29, 1.82) is 0 Å². The maximum atomic E-state index is 12.2. The van der Waals surface area contributed by atoms with Crippen LogP contribution in [0.4, 0.5) is 11.4 Å². The van der Waals surface area contributed by atoms with Gasteiger partial charge in [0.2, 0.25) is 0 Å². The van der Waals surface area contributed by atoms with Gasteiger partial charge >= 0.3 is 5.97 Å². The summed E-state index contributed by atoms with van der Waals surface area (Å²) in [5.41, 5.74) is 8.86. The van der Waals surface area contributed by atoms with E-state index in [4.69, 9.17) is 10.5 Å². The summed E-state index contributed by atoms with van der Waals surface area (Å²) in [6, 6.07) is 16.1. The summed E-state index contributed by atoms with van der Waals surface area (Å²) < 4.78 is 9.22. The fourth-order valence-electron chi connectivity index (χ4n) is 2.35. The third-order valence-electron chi connectivity index (χ3n) is 3.64. The predicted octanol–water partition coefficient (Wildman–Crippen LogP) is 3.82. The number of nitrogens with zero attached hydrogens (tertiary/aromatic N) is 1. The minimum absolute atomic E-state index is 0.184. The highest BCUT2D eigenvalue weighted by Crippen LogP contribution is 2.32. The van der Waals surface area contributed by atoms with Gasteiger partial charge in [-0.1, -0.05) is 30.3 Å². The van der Waals surface area contributed by atoms with E-state index in [0.717, 1.165) is 17.1 Å². The minimum Gasteiger partial charge on any atom is -0.462 e. The van der Waals surface area contributed by atoms with Gasteiger partial charge in [0.05, 0.1) is 12.3 Å². The molecule has 3 rings (SSSR count). The van der Waals surface area contributed by atoms with Gasteiger partial charge < -0.3 is 15.8 Å². The van der Waals surface area contributed by atoms with Gasteiger partial charge in [0.15, 0.2) is 4.88 Å². The summed E-state index contributed by atoms with van der Waals surface area (Å²) in [5, 5.41) is 2.83. The molecule has 0 bridgehead atoms. The Morgan fingerprint density at radius 2 is 1.81 bits per heavy atom. The Morgan fingerprint density at radius 1 is 1.12 bits per heavy atom. The van der Waals surface area contributed by atoms with Crippen LogP contribution in [0.5, 0.6) is 0 Å². The van der Waals surface area contributed by atoms with Crippen LogP contribution in [0.25, 0.3) is 11.3 Å². The van der Waals surface area contributed by atoms with Crippen LogP contribution in [0.1, 0.15) is 27.0 Å². The lowest BCUT2D eigenvalue weighted by Crippen LogP contribution is -2.11. The molecule has 0 unspecified atom stereocenters. The summed E-state index contributed by atoms with van der Waals surface area (Å²) in [6.07, 6.45) is 0. The van der Waals surface area contributed by atoms with E-state index in [-0.39, 0.29) is 12.5 Å². The van der Waals surface area contributed by atoms with E-state index >= 15 is 0 Å². The van der Waals surface area contributed by atoms with E-state index < -0.39 is 5.97 Å². The molecule has 1 heterocycles. The minimum atomic E-state index is -0.472. The largest absolute Gasteiger partial charge is 0.462 e. The van der Waals surface area contributed by atoms with Crippen molar-refractivity contribution in [3.63, 3.8) is 0 Å². The first-order valence-corrected chi connectivity index (χ1v) is 8.76. The lowest BCUT2D eigenvalue weighted by molar-refractivity contribution is 0.0533. The number of hydrogen-bond donors (Lipinski definition) is 2. The highest BCUT2D eigenvalue weighted by molar-refractivity contribution is 7.09. The predicted molar refractivity (Wildman–Crippen MR) is 102 cm³/mol. The van der Waals surface area contributed by atoms with Crippen molar-refractivity contribution < 1.29 is 14.3 Å². The average Bonchev–Trinajstić information content (AvgIpc) is 3.05. The number of carbonyl (C=O) groups excluding carboxylic acids is 2. The molecule has 6 nitrogen and oxygen atoms in total. The van der Waals surface area contributed by atoms with Crippen LogP contribution in [0.15, 0.2) is 54.6 Å². The molecule has 1 aromatic heterocycles. The monoisotopic (exact) mass is 367 g/mol. The molecule has 7 heteroatoms. The fourth-order valence-corrected chi connectivity index (χ4v) is 3.07. The summed E-state index contributed by atoms with van der Waals surface area (Å²) in [7, 11) is 0. The topological polar surface area (TPSA) is 94.3 Å². The number of amides is 1. The molecular weight excluding hydrogens is 350 g/mol. The normalized spacial score (nSPS) is 10.3. The van der Waals surface area contributed by atoms with Crippen molar-refractivity contribution in [1.82, 2.24) is 4.37 Å². The van der Waals surface area contributed by atoms with Crippen molar-refractivity contribution in [3.05, 3.63) is 65.0 Å². The molecule has 0 radical (unpaired) electrons. The van der Waals surface area contributed by atoms with Crippen molar-refractivity contribution >= 4 is 34.8 Å². The number of rotatable bonds is 5. The smallest absolute Gasteiger partial charge is 0.352 e.